The summed E-state index contributed by atoms with van der Waals surface area (Å²) in [5.74, 6) is -4.21. The summed E-state index contributed by atoms with van der Waals surface area (Å²) >= 11 is 0. The Bertz CT molecular complexity index is 507. The molecule has 0 radical (unpaired) electrons. The molecular weight excluding hydrogens is 321 g/mol. The third kappa shape index (κ3) is 5.43. The topological polar surface area (TPSA) is 68.0 Å². The smallest absolute Gasteiger partial charge is 0.346 e. The Balaban J connectivity index is 0.00000400. The standard InChI is InChI=1S/C11H12F5N3O.ClH/c1-6-7(2-3-8(19-6)11(14,15)16)9(20)18-5-10(12,13)4-17;/h2-3H,4-5,17H2,1H3,(H,18,20);1H. The van der Waals surface area contributed by atoms with E-state index in [0.717, 1.165) is 6.07 Å². The minimum atomic E-state index is -4.63. The summed E-state index contributed by atoms with van der Waals surface area (Å²) in [6.07, 6.45) is -4.63. The van der Waals surface area contributed by atoms with Crippen molar-refractivity contribution in [1.29, 1.82) is 0 Å². The second-order valence-corrected chi connectivity index (χ2v) is 4.07. The fourth-order valence-electron chi connectivity index (χ4n) is 1.34. The van der Waals surface area contributed by atoms with Crippen molar-refractivity contribution in [3.05, 3.63) is 29.1 Å². The van der Waals surface area contributed by atoms with Gasteiger partial charge in [0.05, 0.1) is 24.3 Å². The number of carbonyl (C=O) groups excluding carboxylic acids is 1. The van der Waals surface area contributed by atoms with Crippen LogP contribution in [0.25, 0.3) is 0 Å². The predicted octanol–water partition coefficient (Wildman–Crippen LogP) is 2.15. The maximum Gasteiger partial charge on any atom is 0.433 e. The van der Waals surface area contributed by atoms with Crippen LogP contribution in [0.5, 0.6) is 0 Å². The predicted molar refractivity (Wildman–Crippen MR) is 67.6 cm³/mol. The molecule has 0 aliphatic rings. The fraction of sp³-hybridized carbons (Fsp3) is 0.455. The van der Waals surface area contributed by atoms with Crippen LogP contribution in [0, 0.1) is 6.92 Å². The fourth-order valence-corrected chi connectivity index (χ4v) is 1.34. The summed E-state index contributed by atoms with van der Waals surface area (Å²) in [6, 6.07) is 1.50. The summed E-state index contributed by atoms with van der Waals surface area (Å²) in [5, 5.41) is 1.90. The van der Waals surface area contributed by atoms with Crippen LogP contribution in [-0.2, 0) is 6.18 Å². The molecule has 1 heterocycles. The van der Waals surface area contributed by atoms with E-state index < -0.39 is 36.8 Å². The number of nitrogens with one attached hydrogen (secondary N) is 1. The average Bonchev–Trinajstić information content (AvgIpc) is 2.35. The van der Waals surface area contributed by atoms with Crippen molar-refractivity contribution in [2.24, 2.45) is 5.73 Å². The van der Waals surface area contributed by atoms with E-state index in [-0.39, 0.29) is 23.7 Å². The highest BCUT2D eigenvalue weighted by Gasteiger charge is 2.33. The van der Waals surface area contributed by atoms with E-state index in [9.17, 15) is 26.7 Å². The zero-order valence-electron chi connectivity index (χ0n) is 10.8. The highest BCUT2D eigenvalue weighted by Crippen LogP contribution is 2.28. The lowest BCUT2D eigenvalue weighted by Crippen LogP contribution is -2.41. The number of halogens is 6. The number of aryl methyl sites for hydroxylation is 1. The average molecular weight is 334 g/mol. The maximum atomic E-state index is 12.8. The van der Waals surface area contributed by atoms with Crippen molar-refractivity contribution in [1.82, 2.24) is 10.3 Å². The molecule has 1 aromatic rings. The lowest BCUT2D eigenvalue weighted by Gasteiger charge is -2.15. The van der Waals surface area contributed by atoms with Gasteiger partial charge in [0.1, 0.15) is 5.69 Å². The van der Waals surface area contributed by atoms with E-state index in [1.54, 1.807) is 0 Å². The molecule has 0 spiro atoms. The van der Waals surface area contributed by atoms with Gasteiger partial charge in [-0.2, -0.15) is 13.2 Å². The van der Waals surface area contributed by atoms with E-state index in [1.165, 1.54) is 6.92 Å². The molecule has 0 unspecified atom stereocenters. The number of amides is 1. The van der Waals surface area contributed by atoms with Gasteiger partial charge in [-0.05, 0) is 19.1 Å². The number of rotatable bonds is 4. The monoisotopic (exact) mass is 333 g/mol. The van der Waals surface area contributed by atoms with Gasteiger partial charge < -0.3 is 11.1 Å². The summed E-state index contributed by atoms with van der Waals surface area (Å²) in [6.45, 7) is -0.758. The van der Waals surface area contributed by atoms with Crippen LogP contribution in [0.4, 0.5) is 22.0 Å². The maximum absolute atomic E-state index is 12.8. The van der Waals surface area contributed by atoms with Crippen molar-refractivity contribution in [2.45, 2.75) is 19.0 Å². The Kier molecular flexibility index (Phi) is 6.50. The lowest BCUT2D eigenvalue weighted by molar-refractivity contribution is -0.141. The molecule has 21 heavy (non-hydrogen) atoms. The van der Waals surface area contributed by atoms with Crippen LogP contribution < -0.4 is 11.1 Å². The van der Waals surface area contributed by atoms with Gasteiger partial charge in [-0.3, -0.25) is 4.79 Å². The highest BCUT2D eigenvalue weighted by atomic mass is 35.5. The van der Waals surface area contributed by atoms with Crippen molar-refractivity contribution >= 4 is 18.3 Å². The van der Waals surface area contributed by atoms with E-state index >= 15 is 0 Å². The number of nitrogens with zero attached hydrogens (tertiary/aromatic N) is 1. The van der Waals surface area contributed by atoms with Gasteiger partial charge in [0, 0.05) is 0 Å². The van der Waals surface area contributed by atoms with Crippen molar-refractivity contribution in [2.75, 3.05) is 13.1 Å². The van der Waals surface area contributed by atoms with Gasteiger partial charge in [-0.1, -0.05) is 0 Å². The van der Waals surface area contributed by atoms with Gasteiger partial charge in [-0.25, -0.2) is 13.8 Å². The first kappa shape index (κ1) is 19.5. The van der Waals surface area contributed by atoms with Crippen LogP contribution in [0.3, 0.4) is 0 Å². The number of pyridine rings is 1. The molecule has 4 nitrogen and oxygen atoms in total. The number of aromatic nitrogens is 1. The molecule has 0 aliphatic heterocycles. The number of hydrogen-bond acceptors (Lipinski definition) is 3. The number of nitrogens with two attached hydrogens (primary N) is 1. The van der Waals surface area contributed by atoms with E-state index in [0.29, 0.717) is 6.07 Å². The Hall–Kier alpha value is -1.48. The molecule has 1 aromatic heterocycles. The minimum absolute atomic E-state index is 0. The minimum Gasteiger partial charge on any atom is -0.346 e. The summed E-state index contributed by atoms with van der Waals surface area (Å²) in [5.41, 5.74) is 3.23. The van der Waals surface area contributed by atoms with E-state index in [1.807, 2.05) is 5.32 Å². The van der Waals surface area contributed by atoms with Crippen molar-refractivity contribution in [3.63, 3.8) is 0 Å². The van der Waals surface area contributed by atoms with Gasteiger partial charge in [0.25, 0.3) is 11.8 Å². The first-order valence-electron chi connectivity index (χ1n) is 5.48. The Morgan fingerprint density at radius 3 is 2.29 bits per heavy atom. The zero-order chi connectivity index (χ0) is 15.6. The largest absolute Gasteiger partial charge is 0.433 e. The van der Waals surface area contributed by atoms with Crippen molar-refractivity contribution < 1.29 is 26.7 Å². The molecule has 120 valence electrons. The molecule has 3 N–H and O–H groups in total. The van der Waals surface area contributed by atoms with E-state index in [4.69, 9.17) is 5.73 Å². The normalized spacial score (nSPS) is 11.8. The zero-order valence-corrected chi connectivity index (χ0v) is 11.6. The first-order chi connectivity index (χ1) is 9.07. The molecule has 0 saturated carbocycles. The van der Waals surface area contributed by atoms with Crippen LogP contribution in [0.15, 0.2) is 12.1 Å². The number of carbonyl (C=O) groups is 1. The van der Waals surface area contributed by atoms with Gasteiger partial charge >= 0.3 is 6.18 Å². The Morgan fingerprint density at radius 1 is 1.29 bits per heavy atom. The third-order valence-electron chi connectivity index (χ3n) is 2.43. The Morgan fingerprint density at radius 2 is 1.86 bits per heavy atom. The van der Waals surface area contributed by atoms with Crippen LogP contribution in [0.1, 0.15) is 21.7 Å². The molecule has 0 atom stereocenters. The molecule has 0 saturated heterocycles. The third-order valence-corrected chi connectivity index (χ3v) is 2.43. The number of hydrogen-bond donors (Lipinski definition) is 2. The van der Waals surface area contributed by atoms with Gasteiger partial charge in [0.2, 0.25) is 0 Å². The lowest BCUT2D eigenvalue weighted by atomic mass is 10.1. The number of alkyl halides is 5. The summed E-state index contributed by atoms with van der Waals surface area (Å²) < 4.78 is 62.8. The molecule has 1 amide bonds. The molecular formula is C11H13ClF5N3O. The Labute approximate surface area is 123 Å². The summed E-state index contributed by atoms with van der Waals surface area (Å²) in [7, 11) is 0. The molecule has 0 fully saturated rings. The molecule has 0 aliphatic carbocycles. The van der Waals surface area contributed by atoms with Gasteiger partial charge in [-0.15, -0.1) is 12.4 Å². The highest BCUT2D eigenvalue weighted by molar-refractivity contribution is 5.95. The molecule has 1 rings (SSSR count). The van der Waals surface area contributed by atoms with Crippen LogP contribution in [0.2, 0.25) is 0 Å². The van der Waals surface area contributed by atoms with Gasteiger partial charge in [0.15, 0.2) is 0 Å². The molecule has 0 bridgehead atoms. The van der Waals surface area contributed by atoms with Crippen molar-refractivity contribution in [3.8, 4) is 0 Å². The van der Waals surface area contributed by atoms with E-state index in [2.05, 4.69) is 4.98 Å². The second kappa shape index (κ2) is 6.99. The second-order valence-electron chi connectivity index (χ2n) is 4.07. The summed E-state index contributed by atoms with van der Waals surface area (Å²) in [4.78, 5) is 14.8. The quantitative estimate of drug-likeness (QED) is 0.830. The van der Waals surface area contributed by atoms with Crippen LogP contribution >= 0.6 is 12.4 Å². The van der Waals surface area contributed by atoms with Crippen LogP contribution in [-0.4, -0.2) is 29.9 Å². The molecule has 0 aromatic carbocycles. The molecule has 10 heteroatoms. The first-order valence-corrected chi connectivity index (χ1v) is 5.48. The SMILES string of the molecule is Cc1nc(C(F)(F)F)ccc1C(=O)NCC(F)(F)CN.Cl.